The van der Waals surface area contributed by atoms with Gasteiger partial charge < -0.3 is 19.3 Å². The number of ether oxygens (including phenoxy) is 3. The van der Waals surface area contributed by atoms with Gasteiger partial charge in [-0.2, -0.15) is 10.5 Å². The lowest BCUT2D eigenvalue weighted by atomic mass is 10.0. The van der Waals surface area contributed by atoms with E-state index in [-0.39, 0.29) is 0 Å². The van der Waals surface area contributed by atoms with Crippen molar-refractivity contribution < 1.29 is 19.3 Å². The van der Waals surface area contributed by atoms with Crippen molar-refractivity contribution in [3.05, 3.63) is 168 Å². The number of hydrogen-bond acceptors (Lipinski definition) is 6. The molecule has 69 heavy (non-hydrogen) atoms. The molecule has 0 bridgehead atoms. The van der Waals surface area contributed by atoms with E-state index in [0.29, 0.717) is 16.9 Å². The summed E-state index contributed by atoms with van der Waals surface area (Å²) in [6.45, 7) is 6.77. The van der Waals surface area contributed by atoms with Crippen LogP contribution in [-0.2, 0) is 12.8 Å². The Bertz CT molecular complexity index is 2300. The molecular formula is C62H75BrN2O4. The van der Waals surface area contributed by atoms with Crippen LogP contribution in [0.2, 0.25) is 0 Å². The van der Waals surface area contributed by atoms with Crippen molar-refractivity contribution in [2.75, 3.05) is 25.2 Å². The zero-order chi connectivity index (χ0) is 49.0. The van der Waals surface area contributed by atoms with Crippen molar-refractivity contribution in [2.45, 2.75) is 129 Å². The Labute approximate surface area is 423 Å². The molecule has 0 atom stereocenters. The first kappa shape index (κ1) is 55.6. The van der Waals surface area contributed by atoms with Crippen LogP contribution in [0.15, 0.2) is 146 Å². The van der Waals surface area contributed by atoms with Crippen molar-refractivity contribution in [3.8, 4) is 57.4 Å². The van der Waals surface area contributed by atoms with Gasteiger partial charge in [0.25, 0.3) is 0 Å². The molecule has 0 saturated carbocycles. The Hall–Kier alpha value is -6.02. The van der Waals surface area contributed by atoms with Gasteiger partial charge >= 0.3 is 0 Å². The van der Waals surface area contributed by atoms with E-state index in [2.05, 4.69) is 90.4 Å². The second kappa shape index (κ2) is 35.1. The van der Waals surface area contributed by atoms with E-state index in [0.717, 1.165) is 90.3 Å². The van der Waals surface area contributed by atoms with Gasteiger partial charge in [-0.1, -0.05) is 167 Å². The average Bonchev–Trinajstić information content (AvgIpc) is 3.40. The molecule has 0 fully saturated rings. The molecular weight excluding hydrogens is 917 g/mol. The Morgan fingerprint density at radius 2 is 0.681 bits per heavy atom. The number of aryl methyl sites for hydroxylation is 2. The molecule has 0 saturated heterocycles. The first-order chi connectivity index (χ1) is 33.9. The lowest BCUT2D eigenvalue weighted by Gasteiger charge is -2.09. The second-order valence-corrected chi connectivity index (χ2v) is 18.2. The maximum absolute atomic E-state index is 9.03. The van der Waals surface area contributed by atoms with E-state index in [1.807, 2.05) is 84.9 Å². The van der Waals surface area contributed by atoms with Gasteiger partial charge in [-0.05, 0) is 158 Å². The first-order valence-electron chi connectivity index (χ1n) is 25.5. The van der Waals surface area contributed by atoms with Crippen LogP contribution < -0.4 is 14.2 Å². The van der Waals surface area contributed by atoms with E-state index in [1.54, 1.807) is 12.1 Å². The van der Waals surface area contributed by atoms with Gasteiger partial charge in [-0.15, -0.1) is 0 Å². The molecule has 0 heterocycles. The van der Waals surface area contributed by atoms with Crippen LogP contribution in [0.5, 0.6) is 23.0 Å². The number of benzene rings is 6. The minimum atomic E-state index is 0.356. The van der Waals surface area contributed by atoms with Crippen LogP contribution >= 0.6 is 15.9 Å². The standard InChI is InChI=1S/C31H37NO2.C20H22BrNO.C11H16O/c1-2-3-7-10-26-13-19-30(20-14-26)33-23-8-5-4-6-9-24-34-31-21-17-29(18-22-31)28-15-11-27(25-32)12-16-28;21-14-4-2-1-3-5-15-23-20-12-10-19(11-13-20)18-8-6-17(16-22)7-9-18;1-2-3-4-5-10-6-8-11(12)9-7-10/h11-22H,2-10,23-24H2,1H3;6-13H,1-5,14-15H2;6-9,12H,2-5H2,1H3. The molecule has 0 aliphatic carbocycles. The average molecular weight is 992 g/mol. The van der Waals surface area contributed by atoms with Gasteiger partial charge in [-0.25, -0.2) is 0 Å². The molecule has 0 aliphatic heterocycles. The highest BCUT2D eigenvalue weighted by atomic mass is 79.9. The summed E-state index contributed by atoms with van der Waals surface area (Å²) in [5.74, 6) is 3.16. The van der Waals surface area contributed by atoms with E-state index in [4.69, 9.17) is 29.8 Å². The fourth-order valence-electron chi connectivity index (χ4n) is 7.57. The van der Waals surface area contributed by atoms with Crippen LogP contribution in [0.1, 0.15) is 139 Å². The molecule has 0 spiro atoms. The molecule has 1 N–H and O–H groups in total. The quantitative estimate of drug-likeness (QED) is 0.0389. The number of aromatic hydroxyl groups is 1. The molecule has 6 aromatic rings. The maximum atomic E-state index is 9.03. The van der Waals surface area contributed by atoms with Crippen molar-refractivity contribution >= 4 is 15.9 Å². The number of nitrogens with zero attached hydrogens (tertiary/aromatic N) is 2. The van der Waals surface area contributed by atoms with Gasteiger partial charge in [-0.3, -0.25) is 0 Å². The number of nitriles is 2. The number of alkyl halides is 1. The van der Waals surface area contributed by atoms with Crippen molar-refractivity contribution in [2.24, 2.45) is 0 Å². The van der Waals surface area contributed by atoms with Gasteiger partial charge in [0.2, 0.25) is 0 Å². The van der Waals surface area contributed by atoms with Crippen molar-refractivity contribution in [3.63, 3.8) is 0 Å². The number of rotatable bonds is 28. The molecule has 0 radical (unpaired) electrons. The summed E-state index contributed by atoms with van der Waals surface area (Å²) in [4.78, 5) is 0. The zero-order valence-electron chi connectivity index (χ0n) is 41.4. The smallest absolute Gasteiger partial charge is 0.119 e. The van der Waals surface area contributed by atoms with Gasteiger partial charge in [0.1, 0.15) is 23.0 Å². The first-order valence-corrected chi connectivity index (χ1v) is 26.6. The zero-order valence-corrected chi connectivity index (χ0v) is 42.9. The Morgan fingerprint density at radius 3 is 1.01 bits per heavy atom. The highest BCUT2D eigenvalue weighted by Gasteiger charge is 2.03. The third-order valence-corrected chi connectivity index (χ3v) is 12.3. The maximum Gasteiger partial charge on any atom is 0.119 e. The molecule has 6 nitrogen and oxygen atoms in total. The highest BCUT2D eigenvalue weighted by molar-refractivity contribution is 9.09. The normalized spacial score (nSPS) is 10.4. The summed E-state index contributed by atoms with van der Waals surface area (Å²) in [6, 6.07) is 52.0. The van der Waals surface area contributed by atoms with Crippen LogP contribution in [0, 0.1) is 22.7 Å². The number of halogens is 1. The summed E-state index contributed by atoms with van der Waals surface area (Å²) in [6.07, 6.45) is 21.9. The van der Waals surface area contributed by atoms with E-state index >= 15 is 0 Å². The fourth-order valence-corrected chi connectivity index (χ4v) is 7.96. The van der Waals surface area contributed by atoms with Gasteiger partial charge in [0.05, 0.1) is 43.1 Å². The summed E-state index contributed by atoms with van der Waals surface area (Å²) in [5, 5.41) is 27.9. The summed E-state index contributed by atoms with van der Waals surface area (Å²) in [7, 11) is 0. The molecule has 0 aromatic heterocycles. The van der Waals surface area contributed by atoms with Gasteiger partial charge in [0.15, 0.2) is 0 Å². The van der Waals surface area contributed by atoms with E-state index in [9.17, 15) is 0 Å². The van der Waals surface area contributed by atoms with Crippen LogP contribution in [-0.4, -0.2) is 30.3 Å². The van der Waals surface area contributed by atoms with E-state index in [1.165, 1.54) is 101 Å². The van der Waals surface area contributed by atoms with E-state index < -0.39 is 0 Å². The molecule has 7 heteroatoms. The molecule has 0 aliphatic rings. The topological polar surface area (TPSA) is 95.5 Å². The third kappa shape index (κ3) is 23.7. The molecule has 0 unspecified atom stereocenters. The van der Waals surface area contributed by atoms with Crippen LogP contribution in [0.3, 0.4) is 0 Å². The molecule has 364 valence electrons. The minimum absolute atomic E-state index is 0.356. The number of phenolic OH excluding ortho intramolecular Hbond substituents is 1. The number of phenols is 1. The monoisotopic (exact) mass is 990 g/mol. The largest absolute Gasteiger partial charge is 0.508 e. The summed E-state index contributed by atoms with van der Waals surface area (Å²) in [5.41, 5.74) is 8.57. The van der Waals surface area contributed by atoms with Crippen molar-refractivity contribution in [1.82, 2.24) is 0 Å². The third-order valence-electron chi connectivity index (χ3n) is 11.8. The van der Waals surface area contributed by atoms with Crippen LogP contribution in [0.4, 0.5) is 0 Å². The predicted octanol–water partition coefficient (Wildman–Crippen LogP) is 17.4. The molecule has 6 rings (SSSR count). The molecule has 0 amide bonds. The summed E-state index contributed by atoms with van der Waals surface area (Å²) >= 11 is 3.45. The second-order valence-electron chi connectivity index (χ2n) is 17.4. The number of unbranched alkanes of at least 4 members (excludes halogenated alkanes) is 12. The van der Waals surface area contributed by atoms with Crippen LogP contribution in [0.25, 0.3) is 22.3 Å². The SMILES string of the molecule is CCCCCc1ccc(O)cc1.CCCCCc1ccc(OCCCCCCCOc2ccc(-c3ccc(C#N)cc3)cc2)cc1.N#Cc1ccc(-c2ccc(OCCCCCCCBr)cc2)cc1. The predicted molar refractivity (Wildman–Crippen MR) is 291 cm³/mol. The number of hydrogen-bond donors (Lipinski definition) is 1. The Balaban J connectivity index is 0.000000254. The van der Waals surface area contributed by atoms with Crippen molar-refractivity contribution in [1.29, 1.82) is 10.5 Å². The highest BCUT2D eigenvalue weighted by Crippen LogP contribution is 2.25. The Kier molecular flexibility index (Phi) is 28.3. The lowest BCUT2D eigenvalue weighted by molar-refractivity contribution is 0.293. The van der Waals surface area contributed by atoms with Gasteiger partial charge in [0, 0.05) is 5.33 Å². The minimum Gasteiger partial charge on any atom is -0.508 e. The Morgan fingerprint density at radius 1 is 0.377 bits per heavy atom. The fraction of sp³-hybridized carbons (Fsp3) is 0.387. The molecule has 6 aromatic carbocycles. The lowest BCUT2D eigenvalue weighted by Crippen LogP contribution is -1.99. The summed E-state index contributed by atoms with van der Waals surface area (Å²) < 4.78 is 17.6.